The monoisotopic (exact) mass is 672 g/mol. The van der Waals surface area contributed by atoms with Crippen LogP contribution in [0.4, 0.5) is 34.1 Å². The number of hydrogen-bond acceptors (Lipinski definition) is 7. The highest BCUT2D eigenvalue weighted by atomic mass is 16.5. The van der Waals surface area contributed by atoms with Crippen molar-refractivity contribution in [3.63, 3.8) is 0 Å². The minimum atomic E-state index is 0.00979. The second-order valence-electron chi connectivity index (χ2n) is 12.7. The summed E-state index contributed by atoms with van der Waals surface area (Å²) in [7, 11) is 0. The number of rotatable bonds is 12. The maximum Gasteiger partial charge on any atom is 0.248 e. The largest absolute Gasteiger partial charge is 0.491 e. The van der Waals surface area contributed by atoms with Gasteiger partial charge in [0, 0.05) is 51.3 Å². The van der Waals surface area contributed by atoms with Crippen molar-refractivity contribution in [2.75, 3.05) is 9.80 Å². The molecule has 0 amide bonds. The van der Waals surface area contributed by atoms with Gasteiger partial charge in [-0.25, -0.2) is 0 Å². The Bertz CT molecular complexity index is 2080. The van der Waals surface area contributed by atoms with Crippen LogP contribution in [0.15, 0.2) is 162 Å². The number of ether oxygens (including phenoxy) is 2. The molecule has 0 saturated heterocycles. The molecule has 7 heteroatoms. The number of nitrogens with zero attached hydrogens (tertiary/aromatic N) is 4. The predicted octanol–water partition coefficient (Wildman–Crippen LogP) is 11.9. The summed E-state index contributed by atoms with van der Waals surface area (Å²) in [5.41, 5.74) is 7.87. The molecule has 0 atom stereocenters. The van der Waals surface area contributed by atoms with E-state index in [1.807, 2.05) is 76.2 Å². The van der Waals surface area contributed by atoms with E-state index >= 15 is 0 Å². The third-order valence-electron chi connectivity index (χ3n) is 8.08. The predicted molar refractivity (Wildman–Crippen MR) is 206 cm³/mol. The summed E-state index contributed by atoms with van der Waals surface area (Å²) in [6, 6.07) is 53.7. The van der Waals surface area contributed by atoms with Crippen LogP contribution in [0.5, 0.6) is 11.5 Å². The average Bonchev–Trinajstić information content (AvgIpc) is 3.64. The summed E-state index contributed by atoms with van der Waals surface area (Å²) >= 11 is 0. The fourth-order valence-electron chi connectivity index (χ4n) is 5.96. The van der Waals surface area contributed by atoms with E-state index in [2.05, 4.69) is 129 Å². The lowest BCUT2D eigenvalue weighted by Gasteiger charge is -2.28. The summed E-state index contributed by atoms with van der Waals surface area (Å²) < 4.78 is 18.2. The second-order valence-corrected chi connectivity index (χ2v) is 12.7. The van der Waals surface area contributed by atoms with E-state index in [4.69, 9.17) is 13.9 Å². The topological polar surface area (TPSA) is 63.9 Å². The van der Waals surface area contributed by atoms with E-state index in [9.17, 15) is 0 Å². The molecule has 0 aliphatic rings. The van der Waals surface area contributed by atoms with Crippen LogP contribution in [0.2, 0.25) is 0 Å². The molecule has 0 radical (unpaired) electrons. The van der Waals surface area contributed by atoms with Crippen LogP contribution < -0.4 is 19.3 Å². The summed E-state index contributed by atoms with van der Waals surface area (Å²) in [5.74, 6) is 2.19. The lowest BCUT2D eigenvalue weighted by Crippen LogP contribution is -2.12. The molecule has 0 aliphatic carbocycles. The molecule has 0 N–H and O–H groups in total. The van der Waals surface area contributed by atoms with Crippen molar-refractivity contribution >= 4 is 34.1 Å². The Kier molecular flexibility index (Phi) is 9.79. The van der Waals surface area contributed by atoms with Gasteiger partial charge in [-0.2, -0.15) is 0 Å². The molecule has 7 nitrogen and oxygen atoms in total. The van der Waals surface area contributed by atoms with E-state index in [0.29, 0.717) is 23.3 Å². The van der Waals surface area contributed by atoms with Crippen LogP contribution in [0, 0.1) is 0 Å². The first kappa shape index (κ1) is 33.2. The van der Waals surface area contributed by atoms with Gasteiger partial charge < -0.3 is 23.7 Å². The van der Waals surface area contributed by atoms with Crippen molar-refractivity contribution in [1.82, 2.24) is 10.2 Å². The van der Waals surface area contributed by atoms with Crippen molar-refractivity contribution in [3.05, 3.63) is 158 Å². The van der Waals surface area contributed by atoms with E-state index < -0.39 is 0 Å². The fraction of sp³-hybridized carbons (Fsp3) is 0.136. The van der Waals surface area contributed by atoms with Gasteiger partial charge >= 0.3 is 0 Å². The van der Waals surface area contributed by atoms with Gasteiger partial charge in [-0.05, 0) is 125 Å². The van der Waals surface area contributed by atoms with Gasteiger partial charge in [0.15, 0.2) is 0 Å². The first-order valence-electron chi connectivity index (χ1n) is 17.2. The first-order valence-corrected chi connectivity index (χ1v) is 17.2. The Morgan fingerprint density at radius 2 is 0.745 bits per heavy atom. The maximum atomic E-state index is 6.20. The van der Waals surface area contributed by atoms with Crippen LogP contribution >= 0.6 is 0 Å². The normalized spacial score (nSPS) is 11.1. The summed E-state index contributed by atoms with van der Waals surface area (Å²) in [5, 5.41) is 8.77. The Morgan fingerprint density at radius 1 is 0.412 bits per heavy atom. The highest BCUT2D eigenvalue weighted by Crippen LogP contribution is 2.39. The number of benzene rings is 6. The summed E-state index contributed by atoms with van der Waals surface area (Å²) in [4.78, 5) is 4.49. The van der Waals surface area contributed by atoms with Gasteiger partial charge in [-0.1, -0.05) is 54.6 Å². The highest BCUT2D eigenvalue weighted by Gasteiger charge is 2.18. The smallest absolute Gasteiger partial charge is 0.248 e. The van der Waals surface area contributed by atoms with Crippen LogP contribution in [0.1, 0.15) is 27.7 Å². The molecule has 7 aromatic rings. The van der Waals surface area contributed by atoms with Gasteiger partial charge in [-0.3, -0.25) is 0 Å². The van der Waals surface area contributed by atoms with E-state index in [0.717, 1.165) is 45.3 Å². The Morgan fingerprint density at radius 3 is 1.12 bits per heavy atom. The molecule has 254 valence electrons. The standard InChI is InChI=1S/C44H40N4O3/c1-31(2)49-41-28-34(29-42(30-41)50-32(3)4)44-46-45-43(51-44)33-20-22-38(23-21-33)48(37-18-12-7-13-19-37)40-26-24-39(25-27-40)47(35-14-8-5-9-15-35)36-16-10-6-11-17-36/h5-32H,1-4H3. The van der Waals surface area contributed by atoms with Crippen molar-refractivity contribution in [1.29, 1.82) is 0 Å². The zero-order chi connectivity index (χ0) is 35.2. The second kappa shape index (κ2) is 15.0. The minimum Gasteiger partial charge on any atom is -0.491 e. The molecule has 7 rings (SSSR count). The number of hydrogen-bond donors (Lipinski definition) is 0. The number of para-hydroxylation sites is 3. The first-order chi connectivity index (χ1) is 24.9. The molecule has 0 bridgehead atoms. The number of aromatic nitrogens is 2. The Labute approximate surface area is 299 Å². The van der Waals surface area contributed by atoms with Gasteiger partial charge in [0.2, 0.25) is 11.8 Å². The molecule has 0 aliphatic heterocycles. The van der Waals surface area contributed by atoms with Crippen LogP contribution in [-0.4, -0.2) is 22.4 Å². The third kappa shape index (κ3) is 7.78. The maximum absolute atomic E-state index is 6.20. The molecule has 0 unspecified atom stereocenters. The molecule has 0 fully saturated rings. The molecule has 1 heterocycles. The van der Waals surface area contributed by atoms with Gasteiger partial charge in [0.05, 0.1) is 12.2 Å². The molecule has 6 aromatic carbocycles. The van der Waals surface area contributed by atoms with Crippen LogP contribution in [0.25, 0.3) is 22.9 Å². The molecule has 1 aromatic heterocycles. The fourth-order valence-corrected chi connectivity index (χ4v) is 5.96. The quantitative estimate of drug-likeness (QED) is 0.128. The van der Waals surface area contributed by atoms with Crippen molar-refractivity contribution in [2.24, 2.45) is 0 Å². The third-order valence-corrected chi connectivity index (χ3v) is 8.08. The van der Waals surface area contributed by atoms with Crippen molar-refractivity contribution in [3.8, 4) is 34.4 Å². The SMILES string of the molecule is CC(C)Oc1cc(OC(C)C)cc(-c2nnc(-c3ccc(N(c4ccccc4)c4ccc(N(c5ccccc5)c5ccccc5)cc4)cc3)o2)c1. The summed E-state index contributed by atoms with van der Waals surface area (Å²) in [6.07, 6.45) is 0.0196. The Hall–Kier alpha value is -6.34. The van der Waals surface area contributed by atoms with Gasteiger partial charge in [0.25, 0.3) is 0 Å². The minimum absolute atomic E-state index is 0.00979. The molecular formula is C44H40N4O3. The van der Waals surface area contributed by atoms with Gasteiger partial charge in [0.1, 0.15) is 11.5 Å². The molecular weight excluding hydrogens is 633 g/mol. The zero-order valence-electron chi connectivity index (χ0n) is 29.2. The van der Waals surface area contributed by atoms with Crippen LogP contribution in [-0.2, 0) is 0 Å². The molecule has 0 saturated carbocycles. The Balaban J connectivity index is 1.19. The van der Waals surface area contributed by atoms with Crippen LogP contribution in [0.3, 0.4) is 0 Å². The van der Waals surface area contributed by atoms with Crippen molar-refractivity contribution in [2.45, 2.75) is 39.9 Å². The van der Waals surface area contributed by atoms with E-state index in [1.54, 1.807) is 0 Å². The zero-order valence-corrected chi connectivity index (χ0v) is 29.2. The van der Waals surface area contributed by atoms with Gasteiger partial charge in [-0.15, -0.1) is 10.2 Å². The molecule has 0 spiro atoms. The average molecular weight is 673 g/mol. The van der Waals surface area contributed by atoms with E-state index in [-0.39, 0.29) is 12.2 Å². The van der Waals surface area contributed by atoms with Crippen molar-refractivity contribution < 1.29 is 13.9 Å². The van der Waals surface area contributed by atoms with E-state index in [1.165, 1.54) is 0 Å². The summed E-state index contributed by atoms with van der Waals surface area (Å²) in [6.45, 7) is 7.96. The molecule has 51 heavy (non-hydrogen) atoms. The highest BCUT2D eigenvalue weighted by molar-refractivity contribution is 5.81. The lowest BCUT2D eigenvalue weighted by atomic mass is 10.1. The lowest BCUT2D eigenvalue weighted by molar-refractivity contribution is 0.229. The number of anilines is 6.